The predicted octanol–water partition coefficient (Wildman–Crippen LogP) is 6.97. The van der Waals surface area contributed by atoms with Gasteiger partial charge >= 0.3 is 0 Å². The molecule has 3 heteroatoms. The lowest BCUT2D eigenvalue weighted by atomic mass is 9.93. The fraction of sp³-hybridized carbons (Fsp3) is 0.462. The molecular formula is C26H38O3. The van der Waals surface area contributed by atoms with Crippen molar-refractivity contribution in [2.75, 3.05) is 6.61 Å². The molecule has 0 aromatic heterocycles. The average molecular weight is 399 g/mol. The number of benzene rings is 2. The Balaban J connectivity index is 0.00000116. The average Bonchev–Trinajstić information content (AvgIpc) is 2.68. The van der Waals surface area contributed by atoms with Gasteiger partial charge in [-0.2, -0.15) is 0 Å². The van der Waals surface area contributed by atoms with Crippen LogP contribution >= 0.6 is 0 Å². The number of hydrogen-bond donors (Lipinski definition) is 2. The highest BCUT2D eigenvalue weighted by molar-refractivity contribution is 5.37. The van der Waals surface area contributed by atoms with Gasteiger partial charge in [0.2, 0.25) is 0 Å². The van der Waals surface area contributed by atoms with Crippen LogP contribution in [0, 0.1) is 23.4 Å². The Bertz CT molecular complexity index is 730. The third-order valence-corrected chi connectivity index (χ3v) is 3.77. The SMILES string of the molecule is CC.CC(C)C.CC(c1ccc(O)cc1)c1ccc(OCC(C)(C)C#CO)cc1. The first-order valence-corrected chi connectivity index (χ1v) is 10.3. The molecule has 0 heterocycles. The second-order valence-corrected chi connectivity index (χ2v) is 8.02. The zero-order valence-electron chi connectivity index (χ0n) is 19.3. The van der Waals surface area contributed by atoms with E-state index in [0.717, 1.165) is 17.2 Å². The molecule has 0 saturated carbocycles. The Morgan fingerprint density at radius 2 is 1.28 bits per heavy atom. The van der Waals surface area contributed by atoms with Gasteiger partial charge in [0.25, 0.3) is 0 Å². The van der Waals surface area contributed by atoms with E-state index in [-0.39, 0.29) is 11.7 Å². The maximum Gasteiger partial charge on any atom is 0.119 e. The Labute approximate surface area is 177 Å². The summed E-state index contributed by atoms with van der Waals surface area (Å²) in [4.78, 5) is 0. The minimum absolute atomic E-state index is 0.237. The molecule has 3 nitrogen and oxygen atoms in total. The molecular weight excluding hydrogens is 360 g/mol. The van der Waals surface area contributed by atoms with Crippen LogP contribution in [-0.2, 0) is 0 Å². The van der Waals surface area contributed by atoms with Gasteiger partial charge in [-0.3, -0.25) is 0 Å². The molecule has 0 aliphatic carbocycles. The van der Waals surface area contributed by atoms with E-state index < -0.39 is 5.41 Å². The number of aliphatic hydroxyl groups is 1. The van der Waals surface area contributed by atoms with Gasteiger partial charge in [0, 0.05) is 5.92 Å². The predicted molar refractivity (Wildman–Crippen MR) is 123 cm³/mol. The lowest BCUT2D eigenvalue weighted by Gasteiger charge is -2.18. The quantitative estimate of drug-likeness (QED) is 0.535. The molecule has 0 fully saturated rings. The van der Waals surface area contributed by atoms with E-state index in [1.165, 1.54) is 5.56 Å². The number of hydrogen-bond acceptors (Lipinski definition) is 3. The molecule has 2 N–H and O–H groups in total. The normalized spacial score (nSPS) is 11.1. The Hall–Kier alpha value is -2.60. The molecule has 29 heavy (non-hydrogen) atoms. The van der Waals surface area contributed by atoms with Crippen LogP contribution in [-0.4, -0.2) is 16.8 Å². The van der Waals surface area contributed by atoms with Crippen molar-refractivity contribution in [3.05, 3.63) is 59.7 Å². The van der Waals surface area contributed by atoms with Gasteiger partial charge in [0.1, 0.15) is 24.2 Å². The maximum absolute atomic E-state index is 9.37. The van der Waals surface area contributed by atoms with Crippen LogP contribution in [0.15, 0.2) is 48.5 Å². The molecule has 0 aliphatic rings. The van der Waals surface area contributed by atoms with Gasteiger partial charge in [-0.1, -0.05) is 71.7 Å². The van der Waals surface area contributed by atoms with Crippen molar-refractivity contribution in [2.45, 2.75) is 61.3 Å². The molecule has 160 valence electrons. The second-order valence-electron chi connectivity index (χ2n) is 8.02. The summed E-state index contributed by atoms with van der Waals surface area (Å²) >= 11 is 0. The summed E-state index contributed by atoms with van der Waals surface area (Å²) in [6.07, 6.45) is 1.94. The number of rotatable bonds is 5. The fourth-order valence-corrected chi connectivity index (χ4v) is 2.26. The molecule has 0 aliphatic heterocycles. The van der Waals surface area contributed by atoms with E-state index in [0.29, 0.717) is 6.61 Å². The molecule has 0 saturated heterocycles. The van der Waals surface area contributed by atoms with Crippen molar-refractivity contribution in [3.63, 3.8) is 0 Å². The Morgan fingerprint density at radius 1 is 0.862 bits per heavy atom. The molecule has 2 aromatic carbocycles. The largest absolute Gasteiger partial charge is 0.508 e. The highest BCUT2D eigenvalue weighted by Crippen LogP contribution is 2.27. The Kier molecular flexibility index (Phi) is 12.3. The minimum Gasteiger partial charge on any atom is -0.508 e. The van der Waals surface area contributed by atoms with Gasteiger partial charge in [0.15, 0.2) is 0 Å². The molecule has 0 bridgehead atoms. The fourth-order valence-electron chi connectivity index (χ4n) is 2.26. The first kappa shape index (κ1) is 26.4. The van der Waals surface area contributed by atoms with Crippen molar-refractivity contribution in [1.29, 1.82) is 0 Å². The van der Waals surface area contributed by atoms with Gasteiger partial charge < -0.3 is 14.9 Å². The number of phenolic OH excluding ortho intramolecular Hbond substituents is 1. The molecule has 2 aromatic rings. The standard InChI is InChI=1S/C20H22O3.C4H10.C2H6/c1-15(16-4-8-18(22)9-5-16)17-6-10-19(11-7-17)23-14-20(2,3)12-13-21;1-4(2)3;1-2/h4-11,15,21-22H,14H2,1-3H3;4H,1-3H3;1-2H3. The molecule has 0 spiro atoms. The van der Waals surface area contributed by atoms with Gasteiger partial charge in [-0.15, -0.1) is 0 Å². The van der Waals surface area contributed by atoms with Crippen LogP contribution in [0.1, 0.15) is 72.4 Å². The minimum atomic E-state index is -0.396. The lowest BCUT2D eigenvalue weighted by molar-refractivity contribution is 0.228. The van der Waals surface area contributed by atoms with E-state index in [2.05, 4.69) is 33.6 Å². The smallest absolute Gasteiger partial charge is 0.119 e. The third-order valence-electron chi connectivity index (χ3n) is 3.77. The molecule has 0 amide bonds. The van der Waals surface area contributed by atoms with Crippen LogP contribution in [0.5, 0.6) is 11.5 Å². The monoisotopic (exact) mass is 398 g/mol. The van der Waals surface area contributed by atoms with Gasteiger partial charge in [-0.05, 0) is 55.2 Å². The van der Waals surface area contributed by atoms with E-state index >= 15 is 0 Å². The van der Waals surface area contributed by atoms with E-state index in [1.54, 1.807) is 12.1 Å². The summed E-state index contributed by atoms with van der Waals surface area (Å²) in [5.74, 6) is 4.83. The number of aromatic hydroxyl groups is 1. The summed E-state index contributed by atoms with van der Waals surface area (Å²) in [6.45, 7) is 16.9. The van der Waals surface area contributed by atoms with E-state index in [9.17, 15) is 5.11 Å². The van der Waals surface area contributed by atoms with Crippen LogP contribution in [0.2, 0.25) is 0 Å². The zero-order chi connectivity index (χ0) is 22.4. The van der Waals surface area contributed by atoms with Crippen molar-refractivity contribution in [3.8, 4) is 23.5 Å². The summed E-state index contributed by atoms with van der Waals surface area (Å²) < 4.78 is 5.73. The lowest BCUT2D eigenvalue weighted by Crippen LogP contribution is -2.19. The van der Waals surface area contributed by atoms with Crippen molar-refractivity contribution in [2.24, 2.45) is 11.3 Å². The summed E-state index contributed by atoms with van der Waals surface area (Å²) in [5.41, 5.74) is 1.93. The van der Waals surface area contributed by atoms with Crippen molar-refractivity contribution >= 4 is 0 Å². The highest BCUT2D eigenvalue weighted by atomic mass is 16.5. The van der Waals surface area contributed by atoms with Crippen molar-refractivity contribution < 1.29 is 14.9 Å². The van der Waals surface area contributed by atoms with Crippen molar-refractivity contribution in [1.82, 2.24) is 0 Å². The van der Waals surface area contributed by atoms with E-state index in [4.69, 9.17) is 9.84 Å². The number of ether oxygens (including phenoxy) is 1. The summed E-state index contributed by atoms with van der Waals surface area (Å²) in [6, 6.07) is 15.2. The van der Waals surface area contributed by atoms with E-state index in [1.807, 2.05) is 70.2 Å². The first-order chi connectivity index (χ1) is 13.6. The van der Waals surface area contributed by atoms with Crippen LogP contribution in [0.4, 0.5) is 0 Å². The summed E-state index contributed by atoms with van der Waals surface area (Å²) in [7, 11) is 0. The maximum atomic E-state index is 9.37. The first-order valence-electron chi connectivity index (χ1n) is 10.3. The zero-order valence-corrected chi connectivity index (χ0v) is 19.3. The number of phenols is 1. The molecule has 1 atom stereocenters. The number of aliphatic hydroxyl groups excluding tert-OH is 1. The van der Waals surface area contributed by atoms with Gasteiger partial charge in [0.05, 0.1) is 5.41 Å². The molecule has 2 rings (SSSR count). The molecule has 0 radical (unpaired) electrons. The highest BCUT2D eigenvalue weighted by Gasteiger charge is 2.16. The van der Waals surface area contributed by atoms with Crippen LogP contribution in [0.25, 0.3) is 0 Å². The summed E-state index contributed by atoms with van der Waals surface area (Å²) in [5, 5.41) is 18.1. The topological polar surface area (TPSA) is 49.7 Å². The third kappa shape index (κ3) is 11.1. The van der Waals surface area contributed by atoms with Crippen LogP contribution < -0.4 is 4.74 Å². The Morgan fingerprint density at radius 3 is 1.69 bits per heavy atom. The van der Waals surface area contributed by atoms with Crippen LogP contribution in [0.3, 0.4) is 0 Å². The molecule has 1 unspecified atom stereocenters. The second kappa shape index (κ2) is 13.6. The van der Waals surface area contributed by atoms with Gasteiger partial charge in [-0.25, -0.2) is 0 Å².